The van der Waals surface area contributed by atoms with Gasteiger partial charge < -0.3 is 5.11 Å². The molecular formula is C15H28O2. The molecule has 1 atom stereocenters. The van der Waals surface area contributed by atoms with Gasteiger partial charge in [0.2, 0.25) is 0 Å². The Balaban J connectivity index is 3.55. The molecule has 2 nitrogen and oxygen atoms in total. The fourth-order valence-electron chi connectivity index (χ4n) is 2.06. The summed E-state index contributed by atoms with van der Waals surface area (Å²) in [4.78, 5) is 11.0. The molecule has 0 aliphatic rings. The molecule has 0 heterocycles. The highest BCUT2D eigenvalue weighted by molar-refractivity contribution is 5.69. The Hall–Kier alpha value is -0.790. The van der Waals surface area contributed by atoms with E-state index >= 15 is 0 Å². The van der Waals surface area contributed by atoms with Crippen molar-refractivity contribution in [2.75, 3.05) is 0 Å². The minimum absolute atomic E-state index is 0.110. The third-order valence-electron chi connectivity index (χ3n) is 3.22. The molecule has 0 aliphatic carbocycles. The lowest BCUT2D eigenvalue weighted by molar-refractivity contribution is -0.142. The second-order valence-corrected chi connectivity index (χ2v) is 4.81. The molecule has 1 unspecified atom stereocenters. The summed E-state index contributed by atoms with van der Waals surface area (Å²) in [5, 5.41) is 9.10. The Morgan fingerprint density at radius 1 is 1.12 bits per heavy atom. The van der Waals surface area contributed by atoms with Gasteiger partial charge in [-0.15, -0.1) is 6.58 Å². The van der Waals surface area contributed by atoms with E-state index in [-0.39, 0.29) is 5.92 Å². The number of allylic oxidation sites excluding steroid dienone is 1. The fraction of sp³-hybridized carbons (Fsp3) is 0.800. The molecule has 0 fully saturated rings. The maximum atomic E-state index is 11.0. The zero-order valence-electron chi connectivity index (χ0n) is 11.3. The van der Waals surface area contributed by atoms with Crippen molar-refractivity contribution in [3.63, 3.8) is 0 Å². The molecule has 0 aliphatic heterocycles. The monoisotopic (exact) mass is 240 g/mol. The lowest BCUT2D eigenvalue weighted by atomic mass is 9.95. The van der Waals surface area contributed by atoms with E-state index < -0.39 is 5.97 Å². The summed E-state index contributed by atoms with van der Waals surface area (Å²) >= 11 is 0. The number of rotatable bonds is 12. The zero-order valence-corrected chi connectivity index (χ0v) is 11.3. The first-order valence-electron chi connectivity index (χ1n) is 7.06. The summed E-state index contributed by atoms with van der Waals surface area (Å²) in [6.45, 7) is 5.84. The molecule has 0 amide bonds. The number of hydrogen-bond donors (Lipinski definition) is 1. The number of aliphatic carboxylic acids is 1. The van der Waals surface area contributed by atoms with Crippen LogP contribution in [-0.4, -0.2) is 11.1 Å². The van der Waals surface area contributed by atoms with Crippen LogP contribution in [0.1, 0.15) is 71.1 Å². The van der Waals surface area contributed by atoms with Gasteiger partial charge in [0.05, 0.1) is 5.92 Å². The van der Waals surface area contributed by atoms with Gasteiger partial charge in [-0.05, 0) is 25.7 Å². The summed E-state index contributed by atoms with van der Waals surface area (Å²) in [5.74, 6) is -0.715. The summed E-state index contributed by atoms with van der Waals surface area (Å²) in [7, 11) is 0. The Kier molecular flexibility index (Phi) is 11.1. The number of hydrogen-bond acceptors (Lipinski definition) is 1. The maximum Gasteiger partial charge on any atom is 0.306 e. The van der Waals surface area contributed by atoms with Gasteiger partial charge in [0.15, 0.2) is 0 Å². The Morgan fingerprint density at radius 3 is 2.24 bits per heavy atom. The third-order valence-corrected chi connectivity index (χ3v) is 3.22. The highest BCUT2D eigenvalue weighted by atomic mass is 16.4. The number of carboxylic acids is 1. The van der Waals surface area contributed by atoms with Gasteiger partial charge in [-0.3, -0.25) is 4.79 Å². The average Bonchev–Trinajstić information content (AvgIpc) is 2.31. The van der Waals surface area contributed by atoms with Crippen LogP contribution in [0.15, 0.2) is 12.7 Å². The van der Waals surface area contributed by atoms with E-state index in [9.17, 15) is 4.79 Å². The molecule has 0 radical (unpaired) electrons. The minimum atomic E-state index is -0.604. The Morgan fingerprint density at radius 2 is 1.71 bits per heavy atom. The van der Waals surface area contributed by atoms with Crippen LogP contribution < -0.4 is 0 Å². The predicted octanol–water partition coefficient (Wildman–Crippen LogP) is 4.79. The van der Waals surface area contributed by atoms with Gasteiger partial charge in [0, 0.05) is 0 Å². The summed E-state index contributed by atoms with van der Waals surface area (Å²) in [5.41, 5.74) is 0. The zero-order chi connectivity index (χ0) is 12.9. The van der Waals surface area contributed by atoms with Crippen molar-refractivity contribution in [2.24, 2.45) is 5.92 Å². The van der Waals surface area contributed by atoms with Crippen LogP contribution in [0.4, 0.5) is 0 Å². The van der Waals surface area contributed by atoms with E-state index in [2.05, 4.69) is 13.5 Å². The van der Waals surface area contributed by atoms with Gasteiger partial charge >= 0.3 is 5.97 Å². The molecule has 0 aromatic heterocycles. The fourth-order valence-corrected chi connectivity index (χ4v) is 2.06. The summed E-state index contributed by atoms with van der Waals surface area (Å²) in [6.07, 6.45) is 12.7. The topological polar surface area (TPSA) is 37.3 Å². The second-order valence-electron chi connectivity index (χ2n) is 4.81. The average molecular weight is 240 g/mol. The normalized spacial score (nSPS) is 12.3. The van der Waals surface area contributed by atoms with E-state index in [1.165, 1.54) is 12.8 Å². The lowest BCUT2D eigenvalue weighted by Crippen LogP contribution is -2.13. The van der Waals surface area contributed by atoms with Gasteiger partial charge in [0.25, 0.3) is 0 Å². The molecule has 0 spiro atoms. The molecule has 0 saturated carbocycles. The van der Waals surface area contributed by atoms with Crippen LogP contribution in [0, 0.1) is 5.92 Å². The first kappa shape index (κ1) is 16.2. The van der Waals surface area contributed by atoms with Gasteiger partial charge in [-0.25, -0.2) is 0 Å². The van der Waals surface area contributed by atoms with E-state index in [1.54, 1.807) is 0 Å². The van der Waals surface area contributed by atoms with Crippen LogP contribution >= 0.6 is 0 Å². The molecule has 0 aromatic rings. The van der Waals surface area contributed by atoms with Crippen LogP contribution in [0.25, 0.3) is 0 Å². The van der Waals surface area contributed by atoms with Crippen LogP contribution in [0.3, 0.4) is 0 Å². The molecule has 1 N–H and O–H groups in total. The van der Waals surface area contributed by atoms with Crippen LogP contribution in [-0.2, 0) is 4.79 Å². The van der Waals surface area contributed by atoms with E-state index in [0.29, 0.717) is 0 Å². The van der Waals surface area contributed by atoms with Crippen molar-refractivity contribution in [1.82, 2.24) is 0 Å². The van der Waals surface area contributed by atoms with Crippen LogP contribution in [0.5, 0.6) is 0 Å². The smallest absolute Gasteiger partial charge is 0.306 e. The Bertz CT molecular complexity index is 199. The highest BCUT2D eigenvalue weighted by Gasteiger charge is 2.15. The van der Waals surface area contributed by atoms with Gasteiger partial charge in [-0.1, -0.05) is 51.5 Å². The minimum Gasteiger partial charge on any atom is -0.481 e. The molecule has 0 bridgehead atoms. The predicted molar refractivity (Wildman–Crippen MR) is 73.2 cm³/mol. The van der Waals surface area contributed by atoms with Crippen molar-refractivity contribution in [2.45, 2.75) is 71.1 Å². The van der Waals surface area contributed by atoms with E-state index in [0.717, 1.165) is 51.4 Å². The molecule has 100 valence electrons. The molecule has 0 rings (SSSR count). The molecular weight excluding hydrogens is 212 g/mol. The van der Waals surface area contributed by atoms with Crippen molar-refractivity contribution < 1.29 is 9.90 Å². The van der Waals surface area contributed by atoms with Gasteiger partial charge in [-0.2, -0.15) is 0 Å². The second kappa shape index (κ2) is 11.7. The van der Waals surface area contributed by atoms with E-state index in [1.807, 2.05) is 6.08 Å². The third kappa shape index (κ3) is 10.1. The quantitative estimate of drug-likeness (QED) is 0.393. The molecule has 2 heteroatoms. The number of unbranched alkanes of at least 4 members (excludes halogenated alkanes) is 6. The SMILES string of the molecule is C=CCCCCCCC(CCCCC)C(=O)O. The van der Waals surface area contributed by atoms with Crippen molar-refractivity contribution in [3.05, 3.63) is 12.7 Å². The maximum absolute atomic E-state index is 11.0. The standard InChI is InChI=1S/C15H28O2/c1-3-5-7-8-9-11-13-14(15(16)17)12-10-6-4-2/h3,14H,1,4-13H2,2H3,(H,16,17). The van der Waals surface area contributed by atoms with E-state index in [4.69, 9.17) is 5.11 Å². The summed E-state index contributed by atoms with van der Waals surface area (Å²) in [6, 6.07) is 0. The number of carboxylic acid groups (broad SMARTS) is 1. The molecule has 0 saturated heterocycles. The number of carbonyl (C=O) groups is 1. The van der Waals surface area contributed by atoms with Crippen LogP contribution in [0.2, 0.25) is 0 Å². The first-order chi connectivity index (χ1) is 8.22. The highest BCUT2D eigenvalue weighted by Crippen LogP contribution is 2.18. The first-order valence-corrected chi connectivity index (χ1v) is 7.06. The summed E-state index contributed by atoms with van der Waals surface area (Å²) < 4.78 is 0. The van der Waals surface area contributed by atoms with Crippen molar-refractivity contribution in [1.29, 1.82) is 0 Å². The largest absolute Gasteiger partial charge is 0.481 e. The van der Waals surface area contributed by atoms with Gasteiger partial charge in [0.1, 0.15) is 0 Å². The Labute approximate surface area is 106 Å². The molecule has 0 aromatic carbocycles. The lowest BCUT2D eigenvalue weighted by Gasteiger charge is -2.11. The van der Waals surface area contributed by atoms with Crippen molar-refractivity contribution >= 4 is 5.97 Å². The van der Waals surface area contributed by atoms with Crippen molar-refractivity contribution in [3.8, 4) is 0 Å². The molecule has 17 heavy (non-hydrogen) atoms.